The van der Waals surface area contributed by atoms with Crippen LogP contribution in [0.25, 0.3) is 0 Å². The van der Waals surface area contributed by atoms with Gasteiger partial charge in [0.05, 0.1) is 19.8 Å². The van der Waals surface area contributed by atoms with Gasteiger partial charge in [-0.15, -0.1) is 6.42 Å². The van der Waals surface area contributed by atoms with Gasteiger partial charge in [-0.3, -0.25) is 9.46 Å². The second kappa shape index (κ2) is 7.06. The molecule has 0 unspecified atom stereocenters. The Hall–Kier alpha value is -0.370. The summed E-state index contributed by atoms with van der Waals surface area (Å²) < 4.78 is 23.7. The Morgan fingerprint density at radius 1 is 1.40 bits per heavy atom. The van der Waals surface area contributed by atoms with Crippen LogP contribution < -0.4 is 0 Å². The van der Waals surface area contributed by atoms with Crippen molar-refractivity contribution < 1.29 is 18.7 Å². The molecular weight excluding hydrogens is 277 g/mol. The van der Waals surface area contributed by atoms with Crippen LogP contribution in [0, 0.1) is 18.3 Å². The molecule has 1 saturated heterocycles. The predicted molar refractivity (Wildman–Crippen MR) is 79.5 cm³/mol. The standard InChI is InChI=1S/C14H26NO4P/c1-6-9-15-11-12(4)14(16,10-13(15)5)20(17,18-7-2)19-8-3/h1,12-13,16H,7-11H2,2-5H3/t12-,13+,14-/m0/s1. The summed E-state index contributed by atoms with van der Waals surface area (Å²) in [6.45, 7) is 8.91. The molecular formula is C14H26NO4P. The van der Waals surface area contributed by atoms with Gasteiger partial charge >= 0.3 is 7.60 Å². The van der Waals surface area contributed by atoms with Gasteiger partial charge < -0.3 is 14.2 Å². The normalized spacial score (nSPS) is 32.0. The highest BCUT2D eigenvalue weighted by Gasteiger charge is 2.56. The summed E-state index contributed by atoms with van der Waals surface area (Å²) in [7, 11) is -3.57. The van der Waals surface area contributed by atoms with Crippen LogP contribution in [-0.2, 0) is 13.6 Å². The molecule has 0 aromatic carbocycles. The highest BCUT2D eigenvalue weighted by Crippen LogP contribution is 2.64. The zero-order valence-electron chi connectivity index (χ0n) is 12.8. The van der Waals surface area contributed by atoms with Crippen molar-refractivity contribution in [2.45, 2.75) is 45.5 Å². The van der Waals surface area contributed by atoms with E-state index in [4.69, 9.17) is 15.5 Å². The smallest absolute Gasteiger partial charge is 0.362 e. The molecule has 0 aliphatic carbocycles. The van der Waals surface area contributed by atoms with Gasteiger partial charge in [0.15, 0.2) is 5.34 Å². The molecule has 0 saturated carbocycles. The third-order valence-electron chi connectivity index (χ3n) is 3.88. The second-order valence-electron chi connectivity index (χ2n) is 5.30. The van der Waals surface area contributed by atoms with E-state index in [1.165, 1.54) is 0 Å². The summed E-state index contributed by atoms with van der Waals surface area (Å²) in [5.41, 5.74) is 0. The topological polar surface area (TPSA) is 59.0 Å². The lowest BCUT2D eigenvalue weighted by molar-refractivity contribution is -0.0447. The fraction of sp³-hybridized carbons (Fsp3) is 0.857. The number of hydrogen-bond donors (Lipinski definition) is 1. The maximum absolute atomic E-state index is 13.0. The van der Waals surface area contributed by atoms with Crippen molar-refractivity contribution in [2.24, 2.45) is 5.92 Å². The zero-order chi connectivity index (χ0) is 15.4. The van der Waals surface area contributed by atoms with Crippen LogP contribution in [0.3, 0.4) is 0 Å². The molecule has 1 N–H and O–H groups in total. The Morgan fingerprint density at radius 2 is 1.95 bits per heavy atom. The predicted octanol–water partition coefficient (Wildman–Crippen LogP) is 2.30. The van der Waals surface area contributed by atoms with E-state index in [9.17, 15) is 9.67 Å². The molecule has 0 aromatic rings. The lowest BCUT2D eigenvalue weighted by Crippen LogP contribution is -2.55. The first kappa shape index (κ1) is 17.7. The summed E-state index contributed by atoms with van der Waals surface area (Å²) in [4.78, 5) is 2.10. The molecule has 1 aliphatic rings. The first-order valence-corrected chi connectivity index (χ1v) is 8.68. The molecule has 0 bridgehead atoms. The van der Waals surface area contributed by atoms with Gasteiger partial charge in [-0.25, -0.2) is 0 Å². The Morgan fingerprint density at radius 3 is 2.40 bits per heavy atom. The van der Waals surface area contributed by atoms with E-state index in [0.29, 0.717) is 19.5 Å². The summed E-state index contributed by atoms with van der Waals surface area (Å²) in [5.74, 6) is 2.38. The van der Waals surface area contributed by atoms with Crippen molar-refractivity contribution in [3.05, 3.63) is 0 Å². The number of terminal acetylenes is 1. The van der Waals surface area contributed by atoms with Crippen molar-refractivity contribution in [2.75, 3.05) is 26.3 Å². The Balaban J connectivity index is 3.02. The minimum atomic E-state index is -3.57. The highest BCUT2D eigenvalue weighted by molar-refractivity contribution is 7.55. The van der Waals surface area contributed by atoms with Gasteiger partial charge in [0, 0.05) is 24.9 Å². The largest absolute Gasteiger partial charge is 0.377 e. The van der Waals surface area contributed by atoms with E-state index in [2.05, 4.69) is 10.8 Å². The van der Waals surface area contributed by atoms with Crippen LogP contribution in [0.4, 0.5) is 0 Å². The molecule has 116 valence electrons. The third kappa shape index (κ3) is 3.27. The van der Waals surface area contributed by atoms with Crippen LogP contribution in [0.5, 0.6) is 0 Å². The van der Waals surface area contributed by atoms with Crippen molar-refractivity contribution in [1.29, 1.82) is 0 Å². The Bertz CT molecular complexity index is 398. The lowest BCUT2D eigenvalue weighted by Gasteiger charge is -2.48. The number of likely N-dealkylation sites (tertiary alicyclic amines) is 1. The van der Waals surface area contributed by atoms with E-state index in [-0.39, 0.29) is 25.2 Å². The SMILES string of the molecule is C#CCN1C[C@H](C)[C@@](O)(P(=O)(OCC)OCC)C[C@H]1C. The number of hydrogen-bond acceptors (Lipinski definition) is 5. The molecule has 1 fully saturated rings. The van der Waals surface area contributed by atoms with Crippen LogP contribution in [0.2, 0.25) is 0 Å². The number of aliphatic hydroxyl groups is 1. The Labute approximate surface area is 122 Å². The van der Waals surface area contributed by atoms with Crippen LogP contribution in [0.1, 0.15) is 34.1 Å². The van der Waals surface area contributed by atoms with Crippen LogP contribution in [0.15, 0.2) is 0 Å². The highest BCUT2D eigenvalue weighted by atomic mass is 31.2. The first-order chi connectivity index (χ1) is 9.34. The molecule has 0 radical (unpaired) electrons. The van der Waals surface area contributed by atoms with E-state index in [1.807, 2.05) is 13.8 Å². The average Bonchev–Trinajstić information content (AvgIpc) is 2.36. The van der Waals surface area contributed by atoms with Gasteiger partial charge in [-0.2, -0.15) is 0 Å². The molecule has 6 heteroatoms. The lowest BCUT2D eigenvalue weighted by atomic mass is 9.91. The fourth-order valence-electron chi connectivity index (χ4n) is 2.76. The van der Waals surface area contributed by atoms with Crippen LogP contribution >= 0.6 is 7.60 Å². The first-order valence-electron chi connectivity index (χ1n) is 7.13. The number of nitrogens with zero attached hydrogens (tertiary/aromatic N) is 1. The zero-order valence-corrected chi connectivity index (χ0v) is 13.7. The molecule has 3 atom stereocenters. The molecule has 1 aliphatic heterocycles. The quantitative estimate of drug-likeness (QED) is 0.603. The van der Waals surface area contributed by atoms with E-state index in [0.717, 1.165) is 0 Å². The minimum Gasteiger partial charge on any atom is -0.377 e. The molecule has 0 spiro atoms. The third-order valence-corrected chi connectivity index (χ3v) is 6.65. The van der Waals surface area contributed by atoms with E-state index >= 15 is 0 Å². The van der Waals surface area contributed by atoms with Gasteiger partial charge in [0.1, 0.15) is 0 Å². The molecule has 1 rings (SSSR count). The molecule has 5 nitrogen and oxygen atoms in total. The van der Waals surface area contributed by atoms with Gasteiger partial charge in [0.2, 0.25) is 0 Å². The summed E-state index contributed by atoms with van der Waals surface area (Å²) in [5, 5.41) is 9.53. The van der Waals surface area contributed by atoms with E-state index < -0.39 is 12.9 Å². The van der Waals surface area contributed by atoms with Gasteiger partial charge in [-0.05, 0) is 20.8 Å². The number of piperidine rings is 1. The molecule has 0 aromatic heterocycles. The van der Waals surface area contributed by atoms with Gasteiger partial charge in [0.25, 0.3) is 0 Å². The fourth-order valence-corrected chi connectivity index (χ4v) is 5.07. The Kier molecular flexibility index (Phi) is 6.25. The average molecular weight is 303 g/mol. The maximum Gasteiger partial charge on any atom is 0.362 e. The van der Waals surface area contributed by atoms with Gasteiger partial charge in [-0.1, -0.05) is 12.8 Å². The minimum absolute atomic E-state index is 0.0292. The summed E-state index contributed by atoms with van der Waals surface area (Å²) in [6, 6.07) is 0.0292. The van der Waals surface area contributed by atoms with Crippen LogP contribution in [-0.4, -0.2) is 47.7 Å². The van der Waals surface area contributed by atoms with Crippen molar-refractivity contribution >= 4 is 7.60 Å². The van der Waals surface area contributed by atoms with Crippen molar-refractivity contribution in [3.8, 4) is 12.3 Å². The summed E-state index contributed by atoms with van der Waals surface area (Å²) >= 11 is 0. The second-order valence-corrected chi connectivity index (χ2v) is 7.59. The summed E-state index contributed by atoms with van der Waals surface area (Å²) in [6.07, 6.45) is 5.68. The van der Waals surface area contributed by atoms with Crippen molar-refractivity contribution in [3.63, 3.8) is 0 Å². The van der Waals surface area contributed by atoms with E-state index in [1.54, 1.807) is 13.8 Å². The molecule has 20 heavy (non-hydrogen) atoms. The monoisotopic (exact) mass is 303 g/mol. The maximum atomic E-state index is 13.0. The number of rotatable bonds is 6. The molecule has 1 heterocycles. The van der Waals surface area contributed by atoms with Crippen molar-refractivity contribution in [1.82, 2.24) is 4.90 Å². The molecule has 0 amide bonds.